The largest absolute Gasteiger partial charge is 0.504 e. The summed E-state index contributed by atoms with van der Waals surface area (Å²) in [6, 6.07) is 14.6. The molecule has 0 unspecified atom stereocenters. The molecule has 7 heteroatoms. The van der Waals surface area contributed by atoms with Crippen LogP contribution in [-0.2, 0) is 4.79 Å². The summed E-state index contributed by atoms with van der Waals surface area (Å²) in [5.74, 6) is 1.45. The lowest BCUT2D eigenvalue weighted by Crippen LogP contribution is -2.38. The molecule has 0 bridgehead atoms. The second-order valence-corrected chi connectivity index (χ2v) is 7.44. The smallest absolute Gasteiger partial charge is 0.226 e. The van der Waals surface area contributed by atoms with Crippen molar-refractivity contribution in [3.05, 3.63) is 65.9 Å². The number of aromatic hydroxyl groups is 1. The molecule has 0 radical (unpaired) electrons. The van der Waals surface area contributed by atoms with E-state index in [0.717, 1.165) is 16.8 Å². The summed E-state index contributed by atoms with van der Waals surface area (Å²) in [5, 5.41) is 18.2. The molecule has 2 aliphatic rings. The van der Waals surface area contributed by atoms with Gasteiger partial charge in [0, 0.05) is 17.7 Å². The highest BCUT2D eigenvalue weighted by Crippen LogP contribution is 2.43. The highest BCUT2D eigenvalue weighted by atomic mass is 16.5. The number of fused-ring (bicyclic) bond motifs is 2. The number of Topliss-reactive ketones (excluding diaryl/α,β-unsaturated/α-hetero) is 1. The van der Waals surface area contributed by atoms with Gasteiger partial charge < -0.3 is 15.2 Å². The summed E-state index contributed by atoms with van der Waals surface area (Å²) in [7, 11) is 0. The minimum absolute atomic E-state index is 0.0732. The number of ether oxygens (including phenoxy) is 1. The van der Waals surface area contributed by atoms with Crippen molar-refractivity contribution in [1.82, 2.24) is 14.8 Å². The number of nitrogens with zero attached hydrogens (tertiary/aromatic N) is 3. The third-order valence-corrected chi connectivity index (χ3v) is 5.56. The number of hydrogen-bond donors (Lipinski definition) is 2. The van der Waals surface area contributed by atoms with Crippen molar-refractivity contribution in [3.8, 4) is 22.9 Å². The van der Waals surface area contributed by atoms with Gasteiger partial charge in [-0.15, -0.1) is 5.10 Å². The van der Waals surface area contributed by atoms with Crippen molar-refractivity contribution in [2.45, 2.75) is 25.8 Å². The molecule has 7 nitrogen and oxygen atoms in total. The van der Waals surface area contributed by atoms with E-state index in [-0.39, 0.29) is 23.5 Å². The standard InChI is InChI=1S/C23H22N4O3/c1-2-30-19-13-15(11-12-17(19)28)21-20-16(9-6-10-18(20)29)24-23-25-22(26-27(21)23)14-7-4-3-5-8-14/h3-5,7-9,11-13,20-21,28H,2,6,10H2,1H3,(H,24,25,26)/t20-,21-/m1/s1. The van der Waals surface area contributed by atoms with E-state index >= 15 is 0 Å². The second-order valence-electron chi connectivity index (χ2n) is 7.44. The van der Waals surface area contributed by atoms with E-state index in [2.05, 4.69) is 11.4 Å². The van der Waals surface area contributed by atoms with Crippen LogP contribution in [0.4, 0.5) is 5.95 Å². The first-order chi connectivity index (χ1) is 14.7. The molecular weight excluding hydrogens is 380 g/mol. The maximum atomic E-state index is 13.0. The normalized spacial score (nSPS) is 20.0. The van der Waals surface area contributed by atoms with E-state index in [0.29, 0.717) is 37.0 Å². The van der Waals surface area contributed by atoms with Crippen LogP contribution in [0.1, 0.15) is 31.4 Å². The molecule has 0 fully saturated rings. The first-order valence-electron chi connectivity index (χ1n) is 10.1. The molecule has 1 aromatic heterocycles. The van der Waals surface area contributed by atoms with E-state index in [1.54, 1.807) is 16.8 Å². The average molecular weight is 402 g/mol. The maximum absolute atomic E-state index is 13.0. The number of phenols is 1. The number of nitrogens with one attached hydrogen (secondary N) is 1. The van der Waals surface area contributed by atoms with E-state index in [1.807, 2.05) is 43.3 Å². The third kappa shape index (κ3) is 3.03. The van der Waals surface area contributed by atoms with Crippen LogP contribution in [0, 0.1) is 5.92 Å². The Bertz CT molecular complexity index is 1140. The van der Waals surface area contributed by atoms with Gasteiger partial charge >= 0.3 is 0 Å². The zero-order valence-corrected chi connectivity index (χ0v) is 16.6. The van der Waals surface area contributed by atoms with Crippen LogP contribution >= 0.6 is 0 Å². The van der Waals surface area contributed by atoms with Crippen LogP contribution in [0.15, 0.2) is 60.3 Å². The fourth-order valence-corrected chi connectivity index (χ4v) is 4.20. The summed E-state index contributed by atoms with van der Waals surface area (Å²) >= 11 is 0. The van der Waals surface area contributed by atoms with Crippen LogP contribution < -0.4 is 10.1 Å². The molecule has 152 valence electrons. The minimum atomic E-state index is -0.379. The molecule has 30 heavy (non-hydrogen) atoms. The van der Waals surface area contributed by atoms with Gasteiger partial charge in [0.2, 0.25) is 5.95 Å². The molecule has 1 aliphatic carbocycles. The first-order valence-corrected chi connectivity index (χ1v) is 10.1. The molecule has 0 saturated carbocycles. The molecule has 2 N–H and O–H groups in total. The maximum Gasteiger partial charge on any atom is 0.226 e. The van der Waals surface area contributed by atoms with Gasteiger partial charge in [-0.05, 0) is 31.0 Å². The van der Waals surface area contributed by atoms with Gasteiger partial charge in [-0.3, -0.25) is 4.79 Å². The number of hydrogen-bond acceptors (Lipinski definition) is 6. The predicted molar refractivity (Wildman–Crippen MR) is 112 cm³/mol. The monoisotopic (exact) mass is 402 g/mol. The van der Waals surface area contributed by atoms with Crippen LogP contribution in [0.25, 0.3) is 11.4 Å². The van der Waals surface area contributed by atoms with E-state index in [1.165, 1.54) is 0 Å². The minimum Gasteiger partial charge on any atom is -0.504 e. The fraction of sp³-hybridized carbons (Fsp3) is 0.261. The molecule has 0 spiro atoms. The van der Waals surface area contributed by atoms with Crippen LogP contribution in [0.5, 0.6) is 11.5 Å². The molecule has 2 atom stereocenters. The van der Waals surface area contributed by atoms with E-state index < -0.39 is 0 Å². The summed E-state index contributed by atoms with van der Waals surface area (Å²) in [5.41, 5.74) is 2.61. The summed E-state index contributed by atoms with van der Waals surface area (Å²) in [4.78, 5) is 17.7. The quantitative estimate of drug-likeness (QED) is 0.687. The Hall–Kier alpha value is -3.61. The molecule has 0 saturated heterocycles. The second kappa shape index (κ2) is 7.33. The molecule has 2 aromatic carbocycles. The number of carbonyl (C=O) groups excluding carboxylic acids is 1. The zero-order chi connectivity index (χ0) is 20.7. The predicted octanol–water partition coefficient (Wildman–Crippen LogP) is 3.93. The Morgan fingerprint density at radius 1 is 1.23 bits per heavy atom. The Balaban J connectivity index is 1.67. The van der Waals surface area contributed by atoms with Gasteiger partial charge in [-0.25, -0.2) is 4.68 Å². The van der Waals surface area contributed by atoms with Gasteiger partial charge in [-0.1, -0.05) is 42.5 Å². The lowest BCUT2D eigenvalue weighted by molar-refractivity contribution is -0.123. The molecule has 2 heterocycles. The van der Waals surface area contributed by atoms with Gasteiger partial charge in [0.05, 0.1) is 18.6 Å². The Morgan fingerprint density at radius 3 is 2.87 bits per heavy atom. The SMILES string of the molecule is CCOc1cc([C@@H]2[C@H]3C(=O)CCC=C3Nc3nc(-c4ccccc4)nn32)ccc1O. The number of carbonyl (C=O) groups is 1. The van der Waals surface area contributed by atoms with Crippen molar-refractivity contribution in [2.24, 2.45) is 5.92 Å². The lowest BCUT2D eigenvalue weighted by atomic mass is 9.81. The fourth-order valence-electron chi connectivity index (χ4n) is 4.20. The van der Waals surface area contributed by atoms with Crippen molar-refractivity contribution in [1.29, 1.82) is 0 Å². The molecule has 5 rings (SSSR count). The number of rotatable bonds is 4. The van der Waals surface area contributed by atoms with Gasteiger partial charge in [0.15, 0.2) is 17.3 Å². The summed E-state index contributed by atoms with van der Waals surface area (Å²) in [6.45, 7) is 2.30. The number of aromatic nitrogens is 3. The topological polar surface area (TPSA) is 89.3 Å². The van der Waals surface area contributed by atoms with E-state index in [4.69, 9.17) is 14.8 Å². The lowest BCUT2D eigenvalue weighted by Gasteiger charge is -2.36. The highest BCUT2D eigenvalue weighted by Gasteiger charge is 2.41. The van der Waals surface area contributed by atoms with E-state index in [9.17, 15) is 9.90 Å². The van der Waals surface area contributed by atoms with Crippen molar-refractivity contribution >= 4 is 11.7 Å². The summed E-state index contributed by atoms with van der Waals surface area (Å²) in [6.07, 6.45) is 3.28. The number of phenolic OH excluding ortho intramolecular Hbond substituents is 1. The molecular formula is C23H22N4O3. The first kappa shape index (κ1) is 18.4. The molecule has 1 aliphatic heterocycles. The van der Waals surface area contributed by atoms with Crippen molar-refractivity contribution in [3.63, 3.8) is 0 Å². The zero-order valence-electron chi connectivity index (χ0n) is 16.6. The van der Waals surface area contributed by atoms with Gasteiger partial charge in [0.25, 0.3) is 0 Å². The number of benzene rings is 2. The van der Waals surface area contributed by atoms with Crippen molar-refractivity contribution in [2.75, 3.05) is 11.9 Å². The Kier molecular flexibility index (Phi) is 4.50. The molecule has 3 aromatic rings. The number of ketones is 1. The highest BCUT2D eigenvalue weighted by molar-refractivity contribution is 5.87. The van der Waals surface area contributed by atoms with Crippen LogP contribution in [0.3, 0.4) is 0 Å². The van der Waals surface area contributed by atoms with Crippen molar-refractivity contribution < 1.29 is 14.6 Å². The number of anilines is 1. The Morgan fingerprint density at radius 2 is 2.07 bits per heavy atom. The third-order valence-electron chi connectivity index (χ3n) is 5.56. The van der Waals surface area contributed by atoms with Crippen LogP contribution in [0.2, 0.25) is 0 Å². The summed E-state index contributed by atoms with van der Waals surface area (Å²) < 4.78 is 7.37. The Labute approximate surface area is 174 Å². The van der Waals surface area contributed by atoms with Gasteiger partial charge in [-0.2, -0.15) is 4.98 Å². The van der Waals surface area contributed by atoms with Gasteiger partial charge in [0.1, 0.15) is 5.78 Å². The molecule has 0 amide bonds. The van der Waals surface area contributed by atoms with Crippen LogP contribution in [-0.4, -0.2) is 32.3 Å². The average Bonchev–Trinajstić information content (AvgIpc) is 3.19. The number of allylic oxidation sites excluding steroid dienone is 2.